The fraction of sp³-hybridized carbons (Fsp3) is 0.938. The molecule has 0 aliphatic heterocycles. The lowest BCUT2D eigenvalue weighted by Gasteiger charge is -2.27. The monoisotopic (exact) mass is 266 g/mol. The molecule has 3 nitrogen and oxygen atoms in total. The van der Waals surface area contributed by atoms with Crippen molar-refractivity contribution >= 4 is 5.91 Å². The van der Waals surface area contributed by atoms with Crippen LogP contribution in [0.25, 0.3) is 0 Å². The SMILES string of the molecule is NC1CCC(CC(=O)NC2CCCCCCC2)CC1. The van der Waals surface area contributed by atoms with Crippen LogP contribution >= 0.6 is 0 Å². The number of amides is 1. The van der Waals surface area contributed by atoms with E-state index in [0.29, 0.717) is 18.0 Å². The standard InChI is InChI=1S/C16H30N2O/c17-14-10-8-13(9-11-14)12-16(19)18-15-6-4-2-1-3-5-7-15/h13-15H,1-12,17H2,(H,18,19). The van der Waals surface area contributed by atoms with Crippen LogP contribution in [0.15, 0.2) is 0 Å². The summed E-state index contributed by atoms with van der Waals surface area (Å²) in [6, 6.07) is 0.823. The van der Waals surface area contributed by atoms with Gasteiger partial charge in [-0.15, -0.1) is 0 Å². The molecule has 0 saturated heterocycles. The smallest absolute Gasteiger partial charge is 0.220 e. The molecule has 3 heteroatoms. The summed E-state index contributed by atoms with van der Waals surface area (Å²) in [7, 11) is 0. The number of carbonyl (C=O) groups excluding carboxylic acids is 1. The van der Waals surface area contributed by atoms with Gasteiger partial charge in [-0.05, 0) is 44.4 Å². The van der Waals surface area contributed by atoms with Gasteiger partial charge in [-0.2, -0.15) is 0 Å². The quantitative estimate of drug-likeness (QED) is 0.824. The van der Waals surface area contributed by atoms with E-state index in [-0.39, 0.29) is 5.91 Å². The number of nitrogens with two attached hydrogens (primary N) is 1. The van der Waals surface area contributed by atoms with E-state index in [1.807, 2.05) is 0 Å². The average molecular weight is 266 g/mol. The van der Waals surface area contributed by atoms with Gasteiger partial charge in [-0.1, -0.05) is 32.1 Å². The van der Waals surface area contributed by atoms with Crippen molar-refractivity contribution < 1.29 is 4.79 Å². The van der Waals surface area contributed by atoms with E-state index < -0.39 is 0 Å². The molecule has 2 fully saturated rings. The highest BCUT2D eigenvalue weighted by molar-refractivity contribution is 5.76. The highest BCUT2D eigenvalue weighted by atomic mass is 16.1. The third-order valence-corrected chi connectivity index (χ3v) is 4.84. The largest absolute Gasteiger partial charge is 0.353 e. The van der Waals surface area contributed by atoms with E-state index >= 15 is 0 Å². The average Bonchev–Trinajstić information content (AvgIpc) is 2.35. The zero-order valence-electron chi connectivity index (χ0n) is 12.2. The van der Waals surface area contributed by atoms with Crippen LogP contribution in [-0.4, -0.2) is 18.0 Å². The molecule has 110 valence electrons. The molecule has 1 amide bonds. The van der Waals surface area contributed by atoms with Gasteiger partial charge in [0.2, 0.25) is 5.91 Å². The number of rotatable bonds is 3. The van der Waals surface area contributed by atoms with E-state index in [1.165, 1.54) is 44.9 Å². The molecule has 19 heavy (non-hydrogen) atoms. The molecule has 0 aromatic heterocycles. The van der Waals surface area contributed by atoms with E-state index in [2.05, 4.69) is 5.32 Å². The lowest BCUT2D eigenvalue weighted by molar-refractivity contribution is -0.123. The Bertz CT molecular complexity index is 264. The first-order chi connectivity index (χ1) is 9.24. The number of hydrogen-bond donors (Lipinski definition) is 2. The van der Waals surface area contributed by atoms with Gasteiger partial charge in [0.05, 0.1) is 0 Å². The van der Waals surface area contributed by atoms with Crippen molar-refractivity contribution in [3.05, 3.63) is 0 Å². The van der Waals surface area contributed by atoms with Gasteiger partial charge >= 0.3 is 0 Å². The molecular weight excluding hydrogens is 236 g/mol. The zero-order chi connectivity index (χ0) is 13.5. The van der Waals surface area contributed by atoms with Gasteiger partial charge < -0.3 is 11.1 Å². The molecule has 0 atom stereocenters. The minimum Gasteiger partial charge on any atom is -0.353 e. The molecule has 3 N–H and O–H groups in total. The molecule has 0 bridgehead atoms. The highest BCUT2D eigenvalue weighted by Crippen LogP contribution is 2.26. The fourth-order valence-corrected chi connectivity index (χ4v) is 3.54. The lowest BCUT2D eigenvalue weighted by Crippen LogP contribution is -2.37. The van der Waals surface area contributed by atoms with Gasteiger partial charge in [-0.3, -0.25) is 4.79 Å². The van der Waals surface area contributed by atoms with Crippen molar-refractivity contribution in [1.29, 1.82) is 0 Å². The third-order valence-electron chi connectivity index (χ3n) is 4.84. The normalized spacial score (nSPS) is 30.4. The molecule has 0 spiro atoms. The van der Waals surface area contributed by atoms with Crippen molar-refractivity contribution in [1.82, 2.24) is 5.32 Å². The molecule has 2 aliphatic rings. The van der Waals surface area contributed by atoms with Gasteiger partial charge in [0.25, 0.3) is 0 Å². The summed E-state index contributed by atoms with van der Waals surface area (Å²) in [5.41, 5.74) is 5.91. The molecular formula is C16H30N2O. The van der Waals surface area contributed by atoms with Gasteiger partial charge in [-0.25, -0.2) is 0 Å². The fourth-order valence-electron chi connectivity index (χ4n) is 3.54. The molecule has 2 rings (SSSR count). The summed E-state index contributed by atoms with van der Waals surface area (Å²) in [6.45, 7) is 0. The Kier molecular flexibility index (Phi) is 6.15. The Morgan fingerprint density at radius 1 is 0.895 bits per heavy atom. The van der Waals surface area contributed by atoms with Crippen LogP contribution in [0.1, 0.15) is 77.0 Å². The minimum atomic E-state index is 0.283. The number of nitrogens with one attached hydrogen (secondary N) is 1. The lowest BCUT2D eigenvalue weighted by atomic mass is 9.84. The molecule has 0 heterocycles. The Hall–Kier alpha value is -0.570. The second kappa shape index (κ2) is 7.88. The van der Waals surface area contributed by atoms with Crippen LogP contribution in [0.3, 0.4) is 0 Å². The topological polar surface area (TPSA) is 55.1 Å². The van der Waals surface area contributed by atoms with Crippen molar-refractivity contribution in [3.8, 4) is 0 Å². The summed E-state index contributed by atoms with van der Waals surface area (Å²) in [6.07, 6.45) is 14.2. The number of carbonyl (C=O) groups is 1. The van der Waals surface area contributed by atoms with Crippen molar-refractivity contribution in [2.45, 2.75) is 89.1 Å². The van der Waals surface area contributed by atoms with Crippen LogP contribution in [0.5, 0.6) is 0 Å². The predicted octanol–water partition coefficient (Wildman–Crippen LogP) is 3.12. The molecule has 0 radical (unpaired) electrons. The Morgan fingerprint density at radius 2 is 1.47 bits per heavy atom. The molecule has 0 unspecified atom stereocenters. The molecule has 2 aliphatic carbocycles. The van der Waals surface area contributed by atoms with Crippen LogP contribution in [0, 0.1) is 5.92 Å². The maximum atomic E-state index is 12.1. The van der Waals surface area contributed by atoms with Gasteiger partial charge in [0.15, 0.2) is 0 Å². The minimum absolute atomic E-state index is 0.283. The zero-order valence-corrected chi connectivity index (χ0v) is 12.2. The summed E-state index contributed by atoms with van der Waals surface area (Å²) in [4.78, 5) is 12.1. The second-order valence-corrected chi connectivity index (χ2v) is 6.59. The predicted molar refractivity (Wildman–Crippen MR) is 78.8 cm³/mol. The van der Waals surface area contributed by atoms with Crippen LogP contribution in [-0.2, 0) is 4.79 Å². The summed E-state index contributed by atoms with van der Waals surface area (Å²) >= 11 is 0. The Labute approximate surface area is 117 Å². The first-order valence-electron chi connectivity index (χ1n) is 8.29. The van der Waals surface area contributed by atoms with Crippen molar-refractivity contribution in [3.63, 3.8) is 0 Å². The first kappa shape index (κ1) is 14.8. The third kappa shape index (κ3) is 5.52. The van der Waals surface area contributed by atoms with E-state index in [4.69, 9.17) is 5.73 Å². The van der Waals surface area contributed by atoms with Crippen molar-refractivity contribution in [2.24, 2.45) is 11.7 Å². The molecule has 2 saturated carbocycles. The van der Waals surface area contributed by atoms with Crippen LogP contribution < -0.4 is 11.1 Å². The number of hydrogen-bond acceptors (Lipinski definition) is 2. The van der Waals surface area contributed by atoms with Crippen LogP contribution in [0.4, 0.5) is 0 Å². The van der Waals surface area contributed by atoms with Gasteiger partial charge in [0, 0.05) is 18.5 Å². The van der Waals surface area contributed by atoms with E-state index in [0.717, 1.165) is 32.1 Å². The second-order valence-electron chi connectivity index (χ2n) is 6.59. The Balaban J connectivity index is 1.67. The van der Waals surface area contributed by atoms with Crippen LogP contribution in [0.2, 0.25) is 0 Å². The maximum absolute atomic E-state index is 12.1. The Morgan fingerprint density at radius 3 is 2.11 bits per heavy atom. The summed E-state index contributed by atoms with van der Waals surface area (Å²) in [5.74, 6) is 0.861. The maximum Gasteiger partial charge on any atom is 0.220 e. The molecule has 0 aromatic carbocycles. The van der Waals surface area contributed by atoms with E-state index in [9.17, 15) is 4.79 Å². The van der Waals surface area contributed by atoms with Gasteiger partial charge in [0.1, 0.15) is 0 Å². The summed E-state index contributed by atoms with van der Waals surface area (Å²) < 4.78 is 0. The van der Waals surface area contributed by atoms with E-state index in [1.54, 1.807) is 0 Å². The highest BCUT2D eigenvalue weighted by Gasteiger charge is 2.22. The molecule has 0 aromatic rings. The van der Waals surface area contributed by atoms with Crippen molar-refractivity contribution in [2.75, 3.05) is 0 Å². The first-order valence-corrected chi connectivity index (χ1v) is 8.29. The summed E-state index contributed by atoms with van der Waals surface area (Å²) in [5, 5.41) is 3.27.